The number of carboxylic acid groups (broad SMARTS) is 1. The normalized spacial score (nSPS) is 10.7. The number of rotatable bonds is 7. The quantitative estimate of drug-likeness (QED) is 0.644. The fourth-order valence-electron chi connectivity index (χ4n) is 2.42. The fourth-order valence-corrected chi connectivity index (χ4v) is 2.61. The highest BCUT2D eigenvalue weighted by Crippen LogP contribution is 2.21. The van der Waals surface area contributed by atoms with Crippen molar-refractivity contribution in [3.63, 3.8) is 0 Å². The number of aryl methyl sites for hydroxylation is 1. The number of amides is 1. The molecule has 0 fully saturated rings. The first-order valence-electron chi connectivity index (χ1n) is 7.95. The third-order valence-electron chi connectivity index (χ3n) is 3.69. The lowest BCUT2D eigenvalue weighted by Crippen LogP contribution is -2.19. The predicted octanol–water partition coefficient (Wildman–Crippen LogP) is 2.65. The number of nitrogens with zero attached hydrogens (tertiary/aromatic N) is 4. The minimum Gasteiger partial charge on any atom is -0.481 e. The van der Waals surface area contributed by atoms with Gasteiger partial charge in [-0.25, -0.2) is 4.39 Å². The molecule has 0 aliphatic carbocycles. The molecule has 2 N–H and O–H groups in total. The van der Waals surface area contributed by atoms with Crippen molar-refractivity contribution in [2.24, 2.45) is 0 Å². The summed E-state index contributed by atoms with van der Waals surface area (Å²) in [6.07, 6.45) is 2.79. The zero-order chi connectivity index (χ0) is 19.4. The molecule has 0 saturated carbocycles. The van der Waals surface area contributed by atoms with Crippen LogP contribution in [0.1, 0.15) is 22.5 Å². The van der Waals surface area contributed by atoms with Crippen LogP contribution in [0.4, 0.5) is 10.2 Å². The lowest BCUT2D eigenvalue weighted by Gasteiger charge is -2.06. The Morgan fingerprint density at radius 3 is 2.67 bits per heavy atom. The lowest BCUT2D eigenvalue weighted by atomic mass is 10.2. The third kappa shape index (κ3) is 4.70. The molecule has 0 bridgehead atoms. The Balaban J connectivity index is 1.70. The van der Waals surface area contributed by atoms with Gasteiger partial charge in [0.2, 0.25) is 0 Å². The SMILES string of the molecule is O=C(O)CCn1nccc1C(=O)Nc1nn(Cc2ccc(F)cc2)cc1Cl. The van der Waals surface area contributed by atoms with Gasteiger partial charge in [-0.3, -0.25) is 19.0 Å². The van der Waals surface area contributed by atoms with E-state index in [0.717, 1.165) is 5.56 Å². The molecule has 140 valence electrons. The van der Waals surface area contributed by atoms with Crippen LogP contribution in [0.25, 0.3) is 0 Å². The molecular weight excluding hydrogens is 377 g/mol. The standard InChI is InChI=1S/C17H15ClFN5O3/c18-13-10-23(9-11-1-3-12(19)4-2-11)22-16(13)21-17(27)14-5-7-20-24(14)8-6-15(25)26/h1-5,7,10H,6,8-9H2,(H,25,26)(H,21,22,27). The molecule has 1 aromatic carbocycles. The number of hydrogen-bond donors (Lipinski definition) is 2. The van der Waals surface area contributed by atoms with Crippen molar-refractivity contribution >= 4 is 29.3 Å². The first kappa shape index (κ1) is 18.6. The molecule has 2 aromatic heterocycles. The van der Waals surface area contributed by atoms with Crippen LogP contribution in [-0.4, -0.2) is 36.5 Å². The Bertz CT molecular complexity index is 967. The molecule has 0 spiro atoms. The summed E-state index contributed by atoms with van der Waals surface area (Å²) in [5.74, 6) is -1.66. The van der Waals surface area contributed by atoms with E-state index in [9.17, 15) is 14.0 Å². The van der Waals surface area contributed by atoms with E-state index in [1.54, 1.807) is 18.3 Å². The minimum absolute atomic E-state index is 0.0673. The first-order chi connectivity index (χ1) is 12.9. The van der Waals surface area contributed by atoms with Crippen LogP contribution >= 0.6 is 11.6 Å². The first-order valence-corrected chi connectivity index (χ1v) is 8.32. The third-order valence-corrected chi connectivity index (χ3v) is 3.97. The smallest absolute Gasteiger partial charge is 0.305 e. The van der Waals surface area contributed by atoms with Crippen LogP contribution in [-0.2, 0) is 17.9 Å². The number of benzene rings is 1. The number of hydrogen-bond acceptors (Lipinski definition) is 4. The number of aliphatic carboxylic acids is 1. The van der Waals surface area contributed by atoms with Crippen LogP contribution in [0.15, 0.2) is 42.7 Å². The van der Waals surface area contributed by atoms with Crippen LogP contribution in [0, 0.1) is 5.82 Å². The van der Waals surface area contributed by atoms with Crippen molar-refractivity contribution in [3.8, 4) is 0 Å². The van der Waals surface area contributed by atoms with Gasteiger partial charge in [-0.2, -0.15) is 10.2 Å². The van der Waals surface area contributed by atoms with E-state index in [-0.39, 0.29) is 35.3 Å². The average Bonchev–Trinajstić information content (AvgIpc) is 3.22. The summed E-state index contributed by atoms with van der Waals surface area (Å²) in [6, 6.07) is 7.43. The van der Waals surface area contributed by atoms with Crippen LogP contribution in [0.3, 0.4) is 0 Å². The summed E-state index contributed by atoms with van der Waals surface area (Å²) in [4.78, 5) is 23.1. The molecule has 0 aliphatic rings. The van der Waals surface area contributed by atoms with Gasteiger partial charge < -0.3 is 10.4 Å². The van der Waals surface area contributed by atoms with E-state index >= 15 is 0 Å². The maximum Gasteiger partial charge on any atom is 0.305 e. The molecule has 27 heavy (non-hydrogen) atoms. The maximum absolute atomic E-state index is 13.0. The molecule has 0 unspecified atom stereocenters. The zero-order valence-electron chi connectivity index (χ0n) is 14.0. The Morgan fingerprint density at radius 2 is 1.96 bits per heavy atom. The second-order valence-electron chi connectivity index (χ2n) is 5.69. The van der Waals surface area contributed by atoms with Gasteiger partial charge in [0.1, 0.15) is 16.5 Å². The summed E-state index contributed by atoms with van der Waals surface area (Å²) in [5.41, 5.74) is 1.01. The van der Waals surface area contributed by atoms with Crippen molar-refractivity contribution < 1.29 is 19.1 Å². The second kappa shape index (κ2) is 8.00. The van der Waals surface area contributed by atoms with Gasteiger partial charge >= 0.3 is 5.97 Å². The summed E-state index contributed by atoms with van der Waals surface area (Å²) >= 11 is 6.13. The summed E-state index contributed by atoms with van der Waals surface area (Å²) in [6.45, 7) is 0.421. The summed E-state index contributed by atoms with van der Waals surface area (Å²) in [7, 11) is 0. The molecule has 0 radical (unpaired) electrons. The van der Waals surface area contributed by atoms with Crippen molar-refractivity contribution in [2.45, 2.75) is 19.5 Å². The van der Waals surface area contributed by atoms with Gasteiger partial charge in [0.05, 0.1) is 19.5 Å². The average molecular weight is 392 g/mol. The van der Waals surface area contributed by atoms with Crippen molar-refractivity contribution in [3.05, 3.63) is 64.8 Å². The summed E-state index contributed by atoms with van der Waals surface area (Å²) < 4.78 is 15.8. The molecule has 0 aliphatic heterocycles. The molecule has 8 nitrogen and oxygen atoms in total. The monoisotopic (exact) mass is 391 g/mol. The van der Waals surface area contributed by atoms with Crippen LogP contribution in [0.5, 0.6) is 0 Å². The van der Waals surface area contributed by atoms with Gasteiger partial charge in [0.25, 0.3) is 5.91 Å². The number of anilines is 1. The van der Waals surface area contributed by atoms with Crippen LogP contribution < -0.4 is 5.32 Å². The predicted molar refractivity (Wildman–Crippen MR) is 95.2 cm³/mol. The lowest BCUT2D eigenvalue weighted by molar-refractivity contribution is -0.137. The fraction of sp³-hybridized carbons (Fsp3) is 0.176. The highest BCUT2D eigenvalue weighted by atomic mass is 35.5. The number of carbonyl (C=O) groups is 2. The van der Waals surface area contributed by atoms with E-state index in [2.05, 4.69) is 15.5 Å². The Labute approximate surface area is 158 Å². The Kier molecular flexibility index (Phi) is 5.51. The van der Waals surface area contributed by atoms with E-state index in [0.29, 0.717) is 6.54 Å². The molecular formula is C17H15ClFN5O3. The Morgan fingerprint density at radius 1 is 1.22 bits per heavy atom. The molecule has 2 heterocycles. The highest BCUT2D eigenvalue weighted by Gasteiger charge is 2.16. The Hall–Kier alpha value is -3.20. The van der Waals surface area contributed by atoms with Gasteiger partial charge in [-0.05, 0) is 23.8 Å². The number of nitrogens with one attached hydrogen (secondary N) is 1. The van der Waals surface area contributed by atoms with Crippen LogP contribution in [0.2, 0.25) is 5.02 Å². The van der Waals surface area contributed by atoms with E-state index in [4.69, 9.17) is 16.7 Å². The van der Waals surface area contributed by atoms with Gasteiger partial charge in [0, 0.05) is 12.4 Å². The molecule has 1 amide bonds. The number of halogens is 2. The van der Waals surface area contributed by atoms with Crippen molar-refractivity contribution in [1.82, 2.24) is 19.6 Å². The van der Waals surface area contributed by atoms with Crippen molar-refractivity contribution in [1.29, 1.82) is 0 Å². The zero-order valence-corrected chi connectivity index (χ0v) is 14.7. The summed E-state index contributed by atoms with van der Waals surface area (Å²) in [5, 5.41) is 19.7. The largest absolute Gasteiger partial charge is 0.481 e. The molecule has 10 heteroatoms. The number of carbonyl (C=O) groups excluding carboxylic acids is 1. The minimum atomic E-state index is -0.987. The van der Waals surface area contributed by atoms with E-state index in [1.165, 1.54) is 33.8 Å². The van der Waals surface area contributed by atoms with Gasteiger partial charge in [0.15, 0.2) is 5.82 Å². The highest BCUT2D eigenvalue weighted by molar-refractivity contribution is 6.33. The molecule has 0 saturated heterocycles. The van der Waals surface area contributed by atoms with Gasteiger partial charge in [-0.15, -0.1) is 0 Å². The second-order valence-corrected chi connectivity index (χ2v) is 6.09. The topological polar surface area (TPSA) is 102 Å². The van der Waals surface area contributed by atoms with Gasteiger partial charge in [-0.1, -0.05) is 23.7 Å². The number of carboxylic acids is 1. The van der Waals surface area contributed by atoms with E-state index in [1.807, 2.05) is 0 Å². The van der Waals surface area contributed by atoms with Crippen molar-refractivity contribution in [2.75, 3.05) is 5.32 Å². The van der Waals surface area contributed by atoms with E-state index < -0.39 is 11.9 Å². The molecule has 0 atom stereocenters. The maximum atomic E-state index is 13.0. The molecule has 3 rings (SSSR count). The number of aromatic nitrogens is 4. The molecule has 3 aromatic rings.